The summed E-state index contributed by atoms with van der Waals surface area (Å²) in [5, 5.41) is 7.56. The van der Waals surface area contributed by atoms with Crippen molar-refractivity contribution < 1.29 is 14.3 Å². The van der Waals surface area contributed by atoms with Crippen LogP contribution in [0.2, 0.25) is 0 Å². The Bertz CT molecular complexity index is 662. The van der Waals surface area contributed by atoms with Crippen molar-refractivity contribution in [1.29, 1.82) is 0 Å². The van der Waals surface area contributed by atoms with Crippen molar-refractivity contribution in [1.82, 2.24) is 20.0 Å². The minimum absolute atomic E-state index is 0.0632. The van der Waals surface area contributed by atoms with E-state index in [1.54, 1.807) is 0 Å². The fraction of sp³-hybridized carbons (Fsp3) is 0.737. The van der Waals surface area contributed by atoms with Gasteiger partial charge in [-0.05, 0) is 37.7 Å². The number of aromatic nitrogens is 2. The summed E-state index contributed by atoms with van der Waals surface area (Å²) in [7, 11) is 0. The molecule has 1 saturated heterocycles. The first-order valence-corrected chi connectivity index (χ1v) is 9.88. The molecule has 1 N–H and O–H groups in total. The monoisotopic (exact) mass is 360 g/mol. The number of nitrogens with zero attached hydrogens (tertiary/aromatic N) is 3. The Labute approximate surface area is 154 Å². The van der Waals surface area contributed by atoms with Crippen LogP contribution in [0.5, 0.6) is 0 Å². The zero-order chi connectivity index (χ0) is 17.9. The maximum atomic E-state index is 12.4. The third-order valence-electron chi connectivity index (χ3n) is 5.81. The van der Waals surface area contributed by atoms with Crippen LogP contribution in [0.3, 0.4) is 0 Å². The average Bonchev–Trinajstić information content (AvgIpc) is 3.01. The number of hydrogen-bond acceptors (Lipinski definition) is 4. The molecule has 142 valence electrons. The molecule has 0 radical (unpaired) electrons. The van der Waals surface area contributed by atoms with Gasteiger partial charge in [-0.3, -0.25) is 14.3 Å². The van der Waals surface area contributed by atoms with E-state index in [0.29, 0.717) is 37.9 Å². The quantitative estimate of drug-likeness (QED) is 0.862. The Balaban J connectivity index is 1.27. The summed E-state index contributed by atoms with van der Waals surface area (Å²) in [6, 6.07) is 2.02. The number of fused-ring (bicyclic) bond motifs is 1. The SMILES string of the molecule is O=C(CC1CCCOC1)NCc1cc2n(n1)CCN(C(=O)C1CCC1)C2. The normalized spacial score (nSPS) is 23.2. The van der Waals surface area contributed by atoms with Gasteiger partial charge in [0, 0.05) is 32.1 Å². The Morgan fingerprint density at radius 1 is 1.23 bits per heavy atom. The summed E-state index contributed by atoms with van der Waals surface area (Å²) in [6.07, 6.45) is 5.89. The van der Waals surface area contributed by atoms with Crippen LogP contribution >= 0.6 is 0 Å². The fourth-order valence-corrected chi connectivity index (χ4v) is 4.01. The minimum atomic E-state index is 0.0632. The number of hydrogen-bond donors (Lipinski definition) is 1. The second kappa shape index (κ2) is 7.78. The standard InChI is InChI=1S/C19H28N4O3/c24-18(9-14-3-2-8-26-13-14)20-11-16-10-17-12-22(6-7-23(17)21-16)19(25)15-4-1-5-15/h10,14-15H,1-9,11-13H2,(H,20,24). The maximum Gasteiger partial charge on any atom is 0.226 e. The summed E-state index contributed by atoms with van der Waals surface area (Å²) in [5.74, 6) is 0.943. The number of nitrogens with one attached hydrogen (secondary N) is 1. The molecular weight excluding hydrogens is 332 g/mol. The molecule has 1 aromatic rings. The molecular formula is C19H28N4O3. The van der Waals surface area contributed by atoms with Crippen molar-refractivity contribution in [2.45, 2.75) is 58.2 Å². The third kappa shape index (κ3) is 3.92. The molecule has 1 unspecified atom stereocenters. The highest BCUT2D eigenvalue weighted by Gasteiger charge is 2.31. The first kappa shape index (κ1) is 17.5. The van der Waals surface area contributed by atoms with Gasteiger partial charge in [-0.25, -0.2) is 0 Å². The highest BCUT2D eigenvalue weighted by molar-refractivity contribution is 5.79. The van der Waals surface area contributed by atoms with E-state index in [9.17, 15) is 9.59 Å². The summed E-state index contributed by atoms with van der Waals surface area (Å²) < 4.78 is 7.40. The minimum Gasteiger partial charge on any atom is -0.381 e. The second-order valence-electron chi connectivity index (χ2n) is 7.80. The van der Waals surface area contributed by atoms with Gasteiger partial charge in [-0.1, -0.05) is 6.42 Å². The van der Waals surface area contributed by atoms with Gasteiger partial charge < -0.3 is 15.0 Å². The first-order valence-electron chi connectivity index (χ1n) is 9.88. The highest BCUT2D eigenvalue weighted by Crippen LogP contribution is 2.29. The highest BCUT2D eigenvalue weighted by atomic mass is 16.5. The third-order valence-corrected chi connectivity index (χ3v) is 5.81. The largest absolute Gasteiger partial charge is 0.381 e. The van der Waals surface area contributed by atoms with E-state index >= 15 is 0 Å². The molecule has 1 saturated carbocycles. The zero-order valence-electron chi connectivity index (χ0n) is 15.3. The molecule has 1 aromatic heterocycles. The van der Waals surface area contributed by atoms with Crippen molar-refractivity contribution in [2.75, 3.05) is 19.8 Å². The van der Waals surface area contributed by atoms with E-state index in [1.165, 1.54) is 6.42 Å². The summed E-state index contributed by atoms with van der Waals surface area (Å²) in [5.41, 5.74) is 1.93. The van der Waals surface area contributed by atoms with Crippen LogP contribution in [0.4, 0.5) is 0 Å². The summed E-state index contributed by atoms with van der Waals surface area (Å²) in [4.78, 5) is 26.5. The Morgan fingerprint density at radius 3 is 2.85 bits per heavy atom. The van der Waals surface area contributed by atoms with Crippen LogP contribution in [0.1, 0.15) is 49.9 Å². The van der Waals surface area contributed by atoms with E-state index < -0.39 is 0 Å². The lowest BCUT2D eigenvalue weighted by Crippen LogP contribution is -2.43. The molecule has 1 atom stereocenters. The van der Waals surface area contributed by atoms with Crippen LogP contribution in [0, 0.1) is 11.8 Å². The molecule has 3 heterocycles. The average molecular weight is 360 g/mol. The molecule has 2 aliphatic heterocycles. The Kier molecular flexibility index (Phi) is 5.24. The number of amides is 2. The summed E-state index contributed by atoms with van der Waals surface area (Å²) in [6.45, 7) is 4.06. The molecule has 7 heteroatoms. The molecule has 2 amide bonds. The van der Waals surface area contributed by atoms with Crippen LogP contribution < -0.4 is 5.32 Å². The fourth-order valence-electron chi connectivity index (χ4n) is 4.01. The maximum absolute atomic E-state index is 12.4. The van der Waals surface area contributed by atoms with Crippen molar-refractivity contribution in [3.63, 3.8) is 0 Å². The number of carbonyl (C=O) groups is 2. The lowest BCUT2D eigenvalue weighted by Gasteiger charge is -2.34. The summed E-state index contributed by atoms with van der Waals surface area (Å²) >= 11 is 0. The predicted octanol–water partition coefficient (Wildman–Crippen LogP) is 1.46. The Morgan fingerprint density at radius 2 is 2.12 bits per heavy atom. The molecule has 26 heavy (non-hydrogen) atoms. The molecule has 0 spiro atoms. The smallest absolute Gasteiger partial charge is 0.226 e. The van der Waals surface area contributed by atoms with E-state index in [2.05, 4.69) is 10.4 Å². The lowest BCUT2D eigenvalue weighted by molar-refractivity contribution is -0.139. The van der Waals surface area contributed by atoms with Gasteiger partial charge in [0.25, 0.3) is 0 Å². The van der Waals surface area contributed by atoms with Gasteiger partial charge in [-0.2, -0.15) is 5.10 Å². The van der Waals surface area contributed by atoms with Crippen molar-refractivity contribution in [2.24, 2.45) is 11.8 Å². The first-order chi connectivity index (χ1) is 12.7. The van der Waals surface area contributed by atoms with E-state index in [-0.39, 0.29) is 11.8 Å². The number of ether oxygens (including phenoxy) is 1. The molecule has 7 nitrogen and oxygen atoms in total. The zero-order valence-corrected chi connectivity index (χ0v) is 15.3. The van der Waals surface area contributed by atoms with Gasteiger partial charge in [-0.15, -0.1) is 0 Å². The van der Waals surface area contributed by atoms with Crippen molar-refractivity contribution >= 4 is 11.8 Å². The molecule has 0 aromatic carbocycles. The topological polar surface area (TPSA) is 76.5 Å². The molecule has 4 rings (SSSR count). The van der Waals surface area contributed by atoms with Crippen molar-refractivity contribution in [3.05, 3.63) is 17.5 Å². The molecule has 2 fully saturated rings. The van der Waals surface area contributed by atoms with Crippen LogP contribution in [0.15, 0.2) is 6.07 Å². The van der Waals surface area contributed by atoms with E-state index in [1.807, 2.05) is 15.6 Å². The van der Waals surface area contributed by atoms with E-state index in [4.69, 9.17) is 4.74 Å². The Hall–Kier alpha value is -1.89. The van der Waals surface area contributed by atoms with Gasteiger partial charge in [0.2, 0.25) is 11.8 Å². The lowest BCUT2D eigenvalue weighted by atomic mass is 9.84. The van der Waals surface area contributed by atoms with Gasteiger partial charge >= 0.3 is 0 Å². The number of rotatable bonds is 5. The van der Waals surface area contributed by atoms with Gasteiger partial charge in [0.1, 0.15) is 0 Å². The van der Waals surface area contributed by atoms with Crippen molar-refractivity contribution in [3.8, 4) is 0 Å². The second-order valence-corrected chi connectivity index (χ2v) is 7.80. The molecule has 3 aliphatic rings. The van der Waals surface area contributed by atoms with Crippen LogP contribution in [-0.4, -0.2) is 46.3 Å². The van der Waals surface area contributed by atoms with E-state index in [0.717, 1.165) is 56.8 Å². The number of carbonyl (C=O) groups excluding carboxylic acids is 2. The molecule has 0 bridgehead atoms. The van der Waals surface area contributed by atoms with Crippen LogP contribution in [0.25, 0.3) is 0 Å². The van der Waals surface area contributed by atoms with Gasteiger partial charge in [0.15, 0.2) is 0 Å². The van der Waals surface area contributed by atoms with Gasteiger partial charge in [0.05, 0.1) is 31.0 Å². The predicted molar refractivity (Wildman–Crippen MR) is 95.0 cm³/mol. The molecule has 1 aliphatic carbocycles. The van der Waals surface area contributed by atoms with Crippen LogP contribution in [-0.2, 0) is 34.0 Å².